The quantitative estimate of drug-likeness (QED) is 0.845. The van der Waals surface area contributed by atoms with E-state index in [2.05, 4.69) is 25.9 Å². The minimum Gasteiger partial charge on any atom is -0.382 e. The predicted molar refractivity (Wildman–Crippen MR) is 89.0 cm³/mol. The molecule has 7 heteroatoms. The Labute approximate surface area is 142 Å². The number of halogens is 3. The molecule has 0 spiro atoms. The molecule has 2 rings (SSSR count). The number of benzene rings is 1. The first-order chi connectivity index (χ1) is 9.90. The van der Waals surface area contributed by atoms with Crippen LogP contribution in [0.15, 0.2) is 28.9 Å². The van der Waals surface area contributed by atoms with Crippen molar-refractivity contribution < 1.29 is 5.11 Å². The van der Waals surface area contributed by atoms with Crippen LogP contribution in [0.3, 0.4) is 0 Å². The van der Waals surface area contributed by atoms with Gasteiger partial charge in [0.1, 0.15) is 6.10 Å². The standard InChI is InChI=1S/C14H16BrCl2N3O/c1-19(2)5-6-20-13(11(15)8-18-20)14(21)10-7-9(16)3-4-12(10)17/h3-4,7-8,14,21H,5-6H2,1-2H3. The Bertz CT molecular complexity index is 631. The summed E-state index contributed by atoms with van der Waals surface area (Å²) in [5.41, 5.74) is 1.23. The highest BCUT2D eigenvalue weighted by Crippen LogP contribution is 2.33. The zero-order chi connectivity index (χ0) is 15.6. The second-order valence-electron chi connectivity index (χ2n) is 4.97. The van der Waals surface area contributed by atoms with Crippen molar-refractivity contribution in [2.75, 3.05) is 20.6 Å². The molecule has 1 heterocycles. The molecular weight excluding hydrogens is 377 g/mol. The first-order valence-electron chi connectivity index (χ1n) is 6.39. The fourth-order valence-corrected chi connectivity index (χ4v) is 2.90. The number of hydrogen-bond acceptors (Lipinski definition) is 3. The highest BCUT2D eigenvalue weighted by Gasteiger charge is 2.22. The van der Waals surface area contributed by atoms with E-state index in [0.717, 1.165) is 11.0 Å². The van der Waals surface area contributed by atoms with E-state index in [1.165, 1.54) is 0 Å². The fraction of sp³-hybridized carbons (Fsp3) is 0.357. The zero-order valence-electron chi connectivity index (χ0n) is 11.7. The van der Waals surface area contributed by atoms with Crippen LogP contribution in [0.5, 0.6) is 0 Å². The summed E-state index contributed by atoms with van der Waals surface area (Å²) in [6.07, 6.45) is 0.780. The third kappa shape index (κ3) is 3.99. The molecule has 1 N–H and O–H groups in total. The van der Waals surface area contributed by atoms with E-state index < -0.39 is 6.10 Å². The average molecular weight is 393 g/mol. The molecule has 0 radical (unpaired) electrons. The van der Waals surface area contributed by atoms with Gasteiger partial charge in [-0.25, -0.2) is 0 Å². The van der Waals surface area contributed by atoms with Crippen LogP contribution < -0.4 is 0 Å². The van der Waals surface area contributed by atoms with E-state index in [4.69, 9.17) is 23.2 Å². The second-order valence-corrected chi connectivity index (χ2v) is 6.67. The Morgan fingerprint density at radius 2 is 2.10 bits per heavy atom. The molecule has 21 heavy (non-hydrogen) atoms. The van der Waals surface area contributed by atoms with Crippen LogP contribution in [0.4, 0.5) is 0 Å². The van der Waals surface area contributed by atoms with Crippen LogP contribution >= 0.6 is 39.1 Å². The summed E-state index contributed by atoms with van der Waals surface area (Å²) in [7, 11) is 3.98. The van der Waals surface area contributed by atoms with Gasteiger partial charge in [-0.05, 0) is 48.2 Å². The first-order valence-corrected chi connectivity index (χ1v) is 7.94. The number of nitrogens with zero attached hydrogens (tertiary/aromatic N) is 3. The fourth-order valence-electron chi connectivity index (χ4n) is 1.99. The maximum Gasteiger partial charge on any atom is 0.123 e. The van der Waals surface area contributed by atoms with Gasteiger partial charge < -0.3 is 10.0 Å². The van der Waals surface area contributed by atoms with Gasteiger partial charge in [0.15, 0.2) is 0 Å². The lowest BCUT2D eigenvalue weighted by Crippen LogP contribution is -2.21. The van der Waals surface area contributed by atoms with Crippen molar-refractivity contribution in [1.29, 1.82) is 0 Å². The van der Waals surface area contributed by atoms with Gasteiger partial charge in [0.2, 0.25) is 0 Å². The maximum atomic E-state index is 10.7. The van der Waals surface area contributed by atoms with Gasteiger partial charge >= 0.3 is 0 Å². The van der Waals surface area contributed by atoms with Crippen molar-refractivity contribution in [3.8, 4) is 0 Å². The highest BCUT2D eigenvalue weighted by molar-refractivity contribution is 9.10. The molecule has 0 saturated heterocycles. The lowest BCUT2D eigenvalue weighted by molar-refractivity contribution is 0.205. The van der Waals surface area contributed by atoms with Gasteiger partial charge in [0.25, 0.3) is 0 Å². The normalized spacial score (nSPS) is 12.9. The number of aliphatic hydroxyl groups excluding tert-OH is 1. The summed E-state index contributed by atoms with van der Waals surface area (Å²) < 4.78 is 2.51. The Balaban J connectivity index is 2.36. The van der Waals surface area contributed by atoms with Crippen molar-refractivity contribution in [1.82, 2.24) is 14.7 Å². The minimum atomic E-state index is -0.893. The molecule has 0 saturated carbocycles. The molecule has 0 aliphatic heterocycles. The zero-order valence-corrected chi connectivity index (χ0v) is 14.8. The molecule has 1 unspecified atom stereocenters. The van der Waals surface area contributed by atoms with E-state index >= 15 is 0 Å². The van der Waals surface area contributed by atoms with Crippen molar-refractivity contribution in [2.45, 2.75) is 12.6 Å². The highest BCUT2D eigenvalue weighted by atomic mass is 79.9. The summed E-state index contributed by atoms with van der Waals surface area (Å²) in [5, 5.41) is 16.0. The van der Waals surface area contributed by atoms with Gasteiger partial charge in [0, 0.05) is 22.2 Å². The molecule has 2 aromatic rings. The molecule has 4 nitrogen and oxygen atoms in total. The van der Waals surface area contributed by atoms with Gasteiger partial charge in [-0.3, -0.25) is 4.68 Å². The number of aromatic nitrogens is 2. The van der Waals surface area contributed by atoms with Crippen molar-refractivity contribution in [3.63, 3.8) is 0 Å². The number of hydrogen-bond donors (Lipinski definition) is 1. The van der Waals surface area contributed by atoms with E-state index in [0.29, 0.717) is 27.8 Å². The Morgan fingerprint density at radius 3 is 2.76 bits per heavy atom. The Kier molecular flexibility index (Phi) is 5.68. The summed E-state index contributed by atoms with van der Waals surface area (Å²) in [6, 6.07) is 5.04. The third-order valence-electron chi connectivity index (χ3n) is 3.10. The number of likely N-dealkylation sites (N-methyl/N-ethyl adjacent to an activating group) is 1. The van der Waals surface area contributed by atoms with E-state index in [9.17, 15) is 5.11 Å². The molecule has 0 fully saturated rings. The predicted octanol–water partition coefficient (Wildman–Crippen LogP) is 3.60. The average Bonchev–Trinajstić information content (AvgIpc) is 2.79. The van der Waals surface area contributed by atoms with Crippen LogP contribution in [-0.4, -0.2) is 40.4 Å². The SMILES string of the molecule is CN(C)CCn1ncc(Br)c1C(O)c1cc(Cl)ccc1Cl. The Morgan fingerprint density at radius 1 is 1.38 bits per heavy atom. The number of aliphatic hydroxyl groups is 1. The van der Waals surface area contributed by atoms with Gasteiger partial charge in [0.05, 0.1) is 22.9 Å². The molecule has 114 valence electrons. The molecule has 1 atom stereocenters. The van der Waals surface area contributed by atoms with Crippen LogP contribution in [0.2, 0.25) is 10.0 Å². The van der Waals surface area contributed by atoms with Crippen LogP contribution in [0.25, 0.3) is 0 Å². The smallest absolute Gasteiger partial charge is 0.123 e. The number of rotatable bonds is 5. The second kappa shape index (κ2) is 7.11. The van der Waals surface area contributed by atoms with Crippen LogP contribution in [0, 0.1) is 0 Å². The van der Waals surface area contributed by atoms with Crippen molar-refractivity contribution in [3.05, 3.63) is 50.2 Å². The molecule has 1 aromatic carbocycles. The minimum absolute atomic E-state index is 0.471. The van der Waals surface area contributed by atoms with Crippen molar-refractivity contribution in [2.24, 2.45) is 0 Å². The Hall–Kier alpha value is -0.590. The monoisotopic (exact) mass is 391 g/mol. The third-order valence-corrected chi connectivity index (χ3v) is 4.29. The topological polar surface area (TPSA) is 41.3 Å². The largest absolute Gasteiger partial charge is 0.382 e. The van der Waals surface area contributed by atoms with E-state index in [1.54, 1.807) is 29.1 Å². The van der Waals surface area contributed by atoms with Crippen LogP contribution in [-0.2, 0) is 6.54 Å². The summed E-state index contributed by atoms with van der Waals surface area (Å²) in [6.45, 7) is 1.49. The van der Waals surface area contributed by atoms with Gasteiger partial charge in [-0.2, -0.15) is 5.10 Å². The summed E-state index contributed by atoms with van der Waals surface area (Å²) in [5.74, 6) is 0. The van der Waals surface area contributed by atoms with Crippen molar-refractivity contribution >= 4 is 39.1 Å². The van der Waals surface area contributed by atoms with E-state index in [1.807, 2.05) is 14.1 Å². The summed E-state index contributed by atoms with van der Waals surface area (Å²) in [4.78, 5) is 2.05. The molecule has 0 bridgehead atoms. The molecule has 0 aliphatic rings. The maximum absolute atomic E-state index is 10.7. The molecule has 0 amide bonds. The lowest BCUT2D eigenvalue weighted by Gasteiger charge is -2.17. The lowest BCUT2D eigenvalue weighted by atomic mass is 10.1. The molecule has 1 aromatic heterocycles. The van der Waals surface area contributed by atoms with Gasteiger partial charge in [-0.15, -0.1) is 0 Å². The molecular formula is C14H16BrCl2N3O. The molecule has 0 aliphatic carbocycles. The van der Waals surface area contributed by atoms with Crippen LogP contribution in [0.1, 0.15) is 17.4 Å². The van der Waals surface area contributed by atoms with Gasteiger partial charge in [-0.1, -0.05) is 23.2 Å². The summed E-state index contributed by atoms with van der Waals surface area (Å²) >= 11 is 15.6. The first kappa shape index (κ1) is 16.8. The van der Waals surface area contributed by atoms with E-state index in [-0.39, 0.29) is 0 Å².